The highest BCUT2D eigenvalue weighted by Gasteiger charge is 2.53. The maximum Gasteiger partial charge on any atom is 0.334 e. The number of esters is 2. The fraction of sp³-hybridized carbons (Fsp3) is 0.727. The predicted octanol–water partition coefficient (Wildman–Crippen LogP) is 3.42. The van der Waals surface area contributed by atoms with Crippen LogP contribution in [0.15, 0.2) is 23.3 Å². The van der Waals surface area contributed by atoms with Crippen molar-refractivity contribution >= 4 is 11.9 Å². The number of ether oxygens (including phenoxy) is 2. The molecule has 0 aromatic rings. The molecule has 1 saturated carbocycles. The molecule has 1 heterocycles. The topological polar surface area (TPSA) is 72.8 Å². The van der Waals surface area contributed by atoms with E-state index in [0.717, 1.165) is 30.4 Å². The van der Waals surface area contributed by atoms with Crippen LogP contribution in [0.5, 0.6) is 0 Å². The molecule has 6 unspecified atom stereocenters. The van der Waals surface area contributed by atoms with Crippen molar-refractivity contribution in [1.29, 1.82) is 0 Å². The lowest BCUT2D eigenvalue weighted by Crippen LogP contribution is -2.36. The standard InChI is InChI=1S/C22H32O5/c1-12(7-6-8-22(4,5)25)19-17-11-26-21(24)20(17)16-10-15(16)13(2)9-18(19)27-14(3)23/h6,8,12-13,15-16,18-19,25H,7,9-11H2,1-5H3. The number of aliphatic hydroxyl groups is 1. The van der Waals surface area contributed by atoms with Gasteiger partial charge in [-0.3, -0.25) is 4.79 Å². The van der Waals surface area contributed by atoms with E-state index in [-0.39, 0.29) is 29.9 Å². The van der Waals surface area contributed by atoms with Crippen LogP contribution in [-0.4, -0.2) is 35.4 Å². The smallest absolute Gasteiger partial charge is 0.334 e. The van der Waals surface area contributed by atoms with Crippen LogP contribution in [0.25, 0.3) is 0 Å². The van der Waals surface area contributed by atoms with E-state index in [1.807, 2.05) is 6.08 Å². The van der Waals surface area contributed by atoms with Crippen LogP contribution in [0, 0.1) is 29.6 Å². The molecule has 1 aliphatic heterocycles. The Morgan fingerprint density at radius 2 is 2.11 bits per heavy atom. The van der Waals surface area contributed by atoms with E-state index >= 15 is 0 Å². The molecular formula is C22H32O5. The molecule has 5 nitrogen and oxygen atoms in total. The van der Waals surface area contributed by atoms with Crippen molar-refractivity contribution in [3.05, 3.63) is 23.3 Å². The molecule has 0 saturated heterocycles. The summed E-state index contributed by atoms with van der Waals surface area (Å²) in [5.74, 6) is 0.869. The van der Waals surface area contributed by atoms with Crippen molar-refractivity contribution < 1.29 is 24.2 Å². The molecule has 5 heteroatoms. The SMILES string of the molecule is CC(=O)OC1CC(C)C2CC2C2=C(COC2=O)C1C(C)CC=CC(C)(C)O. The first-order valence-corrected chi connectivity index (χ1v) is 10.1. The normalized spacial score (nSPS) is 34.4. The molecule has 3 aliphatic rings. The number of carbonyl (C=O) groups is 2. The first kappa shape index (κ1) is 20.1. The molecule has 2 aliphatic carbocycles. The van der Waals surface area contributed by atoms with Crippen molar-refractivity contribution in [3.63, 3.8) is 0 Å². The third kappa shape index (κ3) is 4.45. The Bertz CT molecular complexity index is 669. The zero-order chi connectivity index (χ0) is 19.9. The van der Waals surface area contributed by atoms with Gasteiger partial charge in [0.2, 0.25) is 0 Å². The second-order valence-electron chi connectivity index (χ2n) is 9.18. The monoisotopic (exact) mass is 376 g/mol. The van der Waals surface area contributed by atoms with Gasteiger partial charge in [0.05, 0.1) is 5.60 Å². The molecule has 0 amide bonds. The molecule has 6 atom stereocenters. The number of hydrogen-bond acceptors (Lipinski definition) is 5. The van der Waals surface area contributed by atoms with Gasteiger partial charge in [0.25, 0.3) is 0 Å². The maximum atomic E-state index is 12.4. The highest BCUT2D eigenvalue weighted by atomic mass is 16.5. The Labute approximate surface area is 161 Å². The number of hydrogen-bond donors (Lipinski definition) is 1. The number of rotatable bonds is 5. The lowest BCUT2D eigenvalue weighted by molar-refractivity contribution is -0.150. The summed E-state index contributed by atoms with van der Waals surface area (Å²) in [6.45, 7) is 9.57. The zero-order valence-electron chi connectivity index (χ0n) is 17.0. The van der Waals surface area contributed by atoms with Gasteiger partial charge in [-0.2, -0.15) is 0 Å². The summed E-state index contributed by atoms with van der Waals surface area (Å²) < 4.78 is 11.2. The van der Waals surface area contributed by atoms with E-state index in [0.29, 0.717) is 24.4 Å². The number of fused-ring (bicyclic) bond motifs is 2. The van der Waals surface area contributed by atoms with Crippen molar-refractivity contribution in [3.8, 4) is 0 Å². The Morgan fingerprint density at radius 1 is 1.41 bits per heavy atom. The largest absolute Gasteiger partial charge is 0.462 e. The quantitative estimate of drug-likeness (QED) is 0.588. The molecule has 0 bridgehead atoms. The summed E-state index contributed by atoms with van der Waals surface area (Å²) >= 11 is 0. The molecule has 1 fully saturated rings. The molecule has 0 aromatic carbocycles. The van der Waals surface area contributed by atoms with Crippen LogP contribution in [0.2, 0.25) is 0 Å². The van der Waals surface area contributed by atoms with E-state index in [1.165, 1.54) is 6.92 Å². The lowest BCUT2D eigenvalue weighted by atomic mass is 9.74. The summed E-state index contributed by atoms with van der Waals surface area (Å²) in [5, 5.41) is 9.92. The second-order valence-corrected chi connectivity index (χ2v) is 9.18. The first-order valence-electron chi connectivity index (χ1n) is 10.1. The van der Waals surface area contributed by atoms with E-state index in [9.17, 15) is 14.7 Å². The van der Waals surface area contributed by atoms with Crippen molar-refractivity contribution in [1.82, 2.24) is 0 Å². The number of cyclic esters (lactones) is 1. The Balaban J connectivity index is 1.93. The fourth-order valence-corrected chi connectivity index (χ4v) is 4.95. The minimum Gasteiger partial charge on any atom is -0.462 e. The van der Waals surface area contributed by atoms with Gasteiger partial charge in [-0.05, 0) is 62.4 Å². The highest BCUT2D eigenvalue weighted by molar-refractivity contribution is 5.93. The van der Waals surface area contributed by atoms with E-state index in [1.54, 1.807) is 19.9 Å². The van der Waals surface area contributed by atoms with Gasteiger partial charge in [-0.1, -0.05) is 26.0 Å². The first-order chi connectivity index (χ1) is 12.6. The zero-order valence-corrected chi connectivity index (χ0v) is 17.0. The van der Waals surface area contributed by atoms with Crippen LogP contribution in [0.1, 0.15) is 53.9 Å². The van der Waals surface area contributed by atoms with Crippen molar-refractivity contribution in [2.45, 2.75) is 65.6 Å². The summed E-state index contributed by atoms with van der Waals surface area (Å²) in [5.41, 5.74) is 1.03. The van der Waals surface area contributed by atoms with Gasteiger partial charge >= 0.3 is 11.9 Å². The average Bonchev–Trinajstić information content (AvgIpc) is 3.21. The van der Waals surface area contributed by atoms with Gasteiger partial charge < -0.3 is 14.6 Å². The average molecular weight is 376 g/mol. The number of allylic oxidation sites excluding steroid dienone is 1. The van der Waals surface area contributed by atoms with Gasteiger partial charge in [0, 0.05) is 18.4 Å². The summed E-state index contributed by atoms with van der Waals surface area (Å²) in [6, 6.07) is 0. The van der Waals surface area contributed by atoms with Gasteiger partial charge in [-0.25, -0.2) is 4.79 Å². The maximum absolute atomic E-state index is 12.4. The fourth-order valence-electron chi connectivity index (χ4n) is 4.95. The van der Waals surface area contributed by atoms with Gasteiger partial charge in [0.1, 0.15) is 12.7 Å². The summed E-state index contributed by atoms with van der Waals surface area (Å²) in [7, 11) is 0. The molecule has 0 aromatic heterocycles. The minimum absolute atomic E-state index is 0.0363. The Hall–Kier alpha value is -1.62. The van der Waals surface area contributed by atoms with E-state index in [4.69, 9.17) is 9.47 Å². The van der Waals surface area contributed by atoms with E-state index < -0.39 is 5.60 Å². The Kier molecular flexibility index (Phi) is 5.53. The summed E-state index contributed by atoms with van der Waals surface area (Å²) in [6.07, 6.45) is 6.11. The van der Waals surface area contributed by atoms with Crippen LogP contribution >= 0.6 is 0 Å². The number of carbonyl (C=O) groups excluding carboxylic acids is 2. The van der Waals surface area contributed by atoms with Crippen LogP contribution in [0.3, 0.4) is 0 Å². The van der Waals surface area contributed by atoms with Crippen LogP contribution in [-0.2, 0) is 19.1 Å². The summed E-state index contributed by atoms with van der Waals surface area (Å²) in [4.78, 5) is 24.2. The molecule has 27 heavy (non-hydrogen) atoms. The van der Waals surface area contributed by atoms with Gasteiger partial charge in [0.15, 0.2) is 0 Å². The lowest BCUT2D eigenvalue weighted by Gasteiger charge is -2.35. The van der Waals surface area contributed by atoms with Gasteiger partial charge in [-0.15, -0.1) is 0 Å². The predicted molar refractivity (Wildman–Crippen MR) is 102 cm³/mol. The second kappa shape index (κ2) is 7.42. The molecule has 1 N–H and O–H groups in total. The van der Waals surface area contributed by atoms with Crippen molar-refractivity contribution in [2.24, 2.45) is 29.6 Å². The molecular weight excluding hydrogens is 344 g/mol. The Morgan fingerprint density at radius 3 is 2.74 bits per heavy atom. The third-order valence-electron chi connectivity index (χ3n) is 6.24. The minimum atomic E-state index is -0.859. The van der Waals surface area contributed by atoms with Crippen LogP contribution < -0.4 is 0 Å². The highest BCUT2D eigenvalue weighted by Crippen LogP contribution is 2.56. The molecule has 0 radical (unpaired) electrons. The van der Waals surface area contributed by atoms with Crippen molar-refractivity contribution in [2.75, 3.05) is 6.61 Å². The molecule has 0 spiro atoms. The molecule has 3 rings (SSSR count). The third-order valence-corrected chi connectivity index (χ3v) is 6.24. The molecule has 150 valence electrons. The van der Waals surface area contributed by atoms with Crippen LogP contribution in [0.4, 0.5) is 0 Å². The van der Waals surface area contributed by atoms with E-state index in [2.05, 4.69) is 13.8 Å².